The first kappa shape index (κ1) is 20.0. The molecule has 1 N–H and O–H groups in total. The number of nitro groups is 1. The van der Waals surface area contributed by atoms with E-state index >= 15 is 0 Å². The van der Waals surface area contributed by atoms with Crippen LogP contribution >= 0.6 is 0 Å². The smallest absolute Gasteiger partial charge is 0.295 e. The number of amides is 1. The number of anilines is 1. The van der Waals surface area contributed by atoms with Crippen LogP contribution in [0, 0.1) is 24.0 Å². The number of benzene rings is 3. The molecule has 1 amide bonds. The van der Waals surface area contributed by atoms with Crippen LogP contribution in [0.5, 0.6) is 0 Å². The van der Waals surface area contributed by atoms with Gasteiger partial charge in [0.25, 0.3) is 11.6 Å². The molecule has 3 aromatic carbocycles. The monoisotopic (exact) mass is 413 g/mol. The Kier molecular flexibility index (Phi) is 5.28. The summed E-state index contributed by atoms with van der Waals surface area (Å²) in [6, 6.07) is 21.2. The molecular formula is C23H19N5O3. The maximum Gasteiger partial charge on any atom is 0.295 e. The summed E-state index contributed by atoms with van der Waals surface area (Å²) < 4.78 is 1.63. The van der Waals surface area contributed by atoms with E-state index in [9.17, 15) is 14.9 Å². The van der Waals surface area contributed by atoms with Gasteiger partial charge < -0.3 is 5.32 Å². The lowest BCUT2D eigenvalue weighted by atomic mass is 10.1. The third-order valence-electron chi connectivity index (χ3n) is 4.65. The molecule has 4 rings (SSSR count). The normalized spacial score (nSPS) is 10.6. The Morgan fingerprint density at radius 1 is 0.968 bits per heavy atom. The third kappa shape index (κ3) is 4.32. The highest BCUT2D eigenvalue weighted by Crippen LogP contribution is 2.23. The van der Waals surface area contributed by atoms with Gasteiger partial charge in [0, 0.05) is 23.4 Å². The van der Waals surface area contributed by atoms with E-state index < -0.39 is 10.8 Å². The average molecular weight is 413 g/mol. The van der Waals surface area contributed by atoms with E-state index in [-0.39, 0.29) is 11.5 Å². The second kappa shape index (κ2) is 8.19. The van der Waals surface area contributed by atoms with E-state index in [2.05, 4.69) is 15.4 Å². The number of nitrogens with one attached hydrogen (secondary N) is 1. The minimum atomic E-state index is -0.555. The number of hydrogen-bond acceptors (Lipinski definition) is 5. The number of hydrogen-bond donors (Lipinski definition) is 1. The summed E-state index contributed by atoms with van der Waals surface area (Å²) in [4.78, 5) is 27.8. The Balaban J connectivity index is 1.75. The summed E-state index contributed by atoms with van der Waals surface area (Å²) in [5.74, 6) is -0.0659. The van der Waals surface area contributed by atoms with E-state index in [0.29, 0.717) is 11.5 Å². The van der Waals surface area contributed by atoms with Gasteiger partial charge in [-0.15, -0.1) is 5.10 Å². The number of carbonyl (C=O) groups excluding carboxylic acids is 1. The third-order valence-corrected chi connectivity index (χ3v) is 4.65. The highest BCUT2D eigenvalue weighted by molar-refractivity contribution is 6.02. The van der Waals surface area contributed by atoms with Gasteiger partial charge in [0.05, 0.1) is 10.6 Å². The van der Waals surface area contributed by atoms with Crippen molar-refractivity contribution >= 4 is 17.3 Å². The lowest BCUT2D eigenvalue weighted by Crippen LogP contribution is -2.14. The molecule has 0 aliphatic carbocycles. The topological polar surface area (TPSA) is 103 Å². The lowest BCUT2D eigenvalue weighted by molar-refractivity contribution is -0.384. The molecule has 0 spiro atoms. The fourth-order valence-corrected chi connectivity index (χ4v) is 3.20. The van der Waals surface area contributed by atoms with Crippen molar-refractivity contribution < 1.29 is 9.72 Å². The number of aromatic nitrogens is 3. The van der Waals surface area contributed by atoms with Crippen molar-refractivity contribution in [2.45, 2.75) is 13.8 Å². The van der Waals surface area contributed by atoms with Gasteiger partial charge in [-0.3, -0.25) is 14.9 Å². The zero-order chi connectivity index (χ0) is 22.0. The number of rotatable bonds is 5. The fraction of sp³-hybridized carbons (Fsp3) is 0.0870. The van der Waals surface area contributed by atoms with Crippen LogP contribution in [0.4, 0.5) is 11.4 Å². The standard InChI is InChI=1S/C23H19N5O3/c1-15-6-3-8-17(12-15)22-25-21(26-27(22)19-10-4-7-16(2)13-19)23(29)24-18-9-5-11-20(14-18)28(30)31/h3-14H,1-2H3,(H,24,29). The molecule has 1 aromatic heterocycles. The molecule has 0 atom stereocenters. The predicted molar refractivity (Wildman–Crippen MR) is 117 cm³/mol. The quantitative estimate of drug-likeness (QED) is 0.377. The first-order chi connectivity index (χ1) is 14.9. The molecule has 0 aliphatic rings. The largest absolute Gasteiger partial charge is 0.319 e. The molecule has 0 saturated heterocycles. The Bertz CT molecular complexity index is 1230. The Morgan fingerprint density at radius 2 is 1.68 bits per heavy atom. The van der Waals surface area contributed by atoms with Crippen molar-refractivity contribution in [2.24, 2.45) is 0 Å². The van der Waals surface area contributed by atoms with Crippen molar-refractivity contribution in [3.05, 3.63) is 99.9 Å². The van der Waals surface area contributed by atoms with E-state index in [1.165, 1.54) is 18.2 Å². The molecule has 0 radical (unpaired) electrons. The maximum absolute atomic E-state index is 12.8. The van der Waals surface area contributed by atoms with E-state index in [1.807, 2.05) is 62.4 Å². The number of aryl methyl sites for hydroxylation is 2. The van der Waals surface area contributed by atoms with Gasteiger partial charge in [0.1, 0.15) is 0 Å². The number of carbonyl (C=O) groups is 1. The first-order valence-electron chi connectivity index (χ1n) is 9.58. The van der Waals surface area contributed by atoms with Crippen molar-refractivity contribution in [2.75, 3.05) is 5.32 Å². The summed E-state index contributed by atoms with van der Waals surface area (Å²) in [6.45, 7) is 3.95. The van der Waals surface area contributed by atoms with Crippen molar-refractivity contribution in [1.29, 1.82) is 0 Å². The summed E-state index contributed by atoms with van der Waals surface area (Å²) in [5.41, 5.74) is 3.88. The van der Waals surface area contributed by atoms with Crippen LogP contribution in [-0.2, 0) is 0 Å². The molecule has 4 aromatic rings. The molecule has 1 heterocycles. The molecule has 154 valence electrons. The van der Waals surface area contributed by atoms with Gasteiger partial charge in [0.15, 0.2) is 5.82 Å². The Labute approximate surface area is 178 Å². The van der Waals surface area contributed by atoms with E-state index in [0.717, 1.165) is 22.4 Å². The zero-order valence-corrected chi connectivity index (χ0v) is 16.9. The molecule has 0 fully saturated rings. The Hall–Kier alpha value is -4.33. The number of non-ortho nitro benzene ring substituents is 1. The molecular weight excluding hydrogens is 394 g/mol. The van der Waals surface area contributed by atoms with Gasteiger partial charge in [-0.2, -0.15) is 0 Å². The molecule has 0 bridgehead atoms. The summed E-state index contributed by atoms with van der Waals surface area (Å²) >= 11 is 0. The highest BCUT2D eigenvalue weighted by Gasteiger charge is 2.20. The maximum atomic E-state index is 12.8. The van der Waals surface area contributed by atoms with Crippen molar-refractivity contribution in [3.63, 3.8) is 0 Å². The average Bonchev–Trinajstić information content (AvgIpc) is 3.20. The van der Waals surface area contributed by atoms with Crippen molar-refractivity contribution in [3.8, 4) is 17.1 Å². The zero-order valence-electron chi connectivity index (χ0n) is 16.9. The molecule has 8 heteroatoms. The first-order valence-corrected chi connectivity index (χ1v) is 9.58. The Morgan fingerprint density at radius 3 is 2.39 bits per heavy atom. The van der Waals surface area contributed by atoms with Crippen molar-refractivity contribution in [1.82, 2.24) is 14.8 Å². The molecule has 31 heavy (non-hydrogen) atoms. The van der Waals surface area contributed by atoms with Gasteiger partial charge in [-0.05, 0) is 43.7 Å². The van der Waals surface area contributed by atoms with Gasteiger partial charge in [-0.1, -0.05) is 42.0 Å². The van der Waals surface area contributed by atoms with Crippen LogP contribution in [0.1, 0.15) is 21.7 Å². The van der Waals surface area contributed by atoms with Crippen LogP contribution < -0.4 is 5.32 Å². The summed E-state index contributed by atoms with van der Waals surface area (Å²) in [7, 11) is 0. The SMILES string of the molecule is Cc1cccc(-c2nc(C(=O)Nc3cccc([N+](=O)[O-])c3)nn2-c2cccc(C)c2)c1. The lowest BCUT2D eigenvalue weighted by Gasteiger charge is -2.07. The van der Waals surface area contributed by atoms with Crippen LogP contribution in [0.2, 0.25) is 0 Å². The molecule has 8 nitrogen and oxygen atoms in total. The van der Waals surface area contributed by atoms with Crippen LogP contribution in [0.3, 0.4) is 0 Å². The fourth-order valence-electron chi connectivity index (χ4n) is 3.20. The summed E-state index contributed by atoms with van der Waals surface area (Å²) in [5, 5.41) is 18.1. The number of nitrogens with zero attached hydrogens (tertiary/aromatic N) is 4. The molecule has 0 saturated carbocycles. The second-order valence-electron chi connectivity index (χ2n) is 7.14. The molecule has 0 unspecified atom stereocenters. The highest BCUT2D eigenvalue weighted by atomic mass is 16.6. The van der Waals surface area contributed by atoms with Crippen LogP contribution in [0.25, 0.3) is 17.1 Å². The number of nitro benzene ring substituents is 1. The van der Waals surface area contributed by atoms with Gasteiger partial charge in [0.2, 0.25) is 5.82 Å². The summed E-state index contributed by atoms with van der Waals surface area (Å²) in [6.07, 6.45) is 0. The minimum absolute atomic E-state index is 0.0375. The van der Waals surface area contributed by atoms with E-state index in [4.69, 9.17) is 0 Å². The minimum Gasteiger partial charge on any atom is -0.319 e. The predicted octanol–water partition coefficient (Wildman–Crippen LogP) is 4.71. The molecule has 0 aliphatic heterocycles. The van der Waals surface area contributed by atoms with Gasteiger partial charge >= 0.3 is 0 Å². The second-order valence-corrected chi connectivity index (χ2v) is 7.14. The van der Waals surface area contributed by atoms with Gasteiger partial charge in [-0.25, -0.2) is 9.67 Å². The van der Waals surface area contributed by atoms with Crippen LogP contribution in [0.15, 0.2) is 72.8 Å². The van der Waals surface area contributed by atoms with Crippen LogP contribution in [-0.4, -0.2) is 25.6 Å². The van der Waals surface area contributed by atoms with E-state index in [1.54, 1.807) is 10.7 Å².